The Morgan fingerprint density at radius 2 is 2.12 bits per heavy atom. The van der Waals surface area contributed by atoms with Gasteiger partial charge in [-0.15, -0.1) is 0 Å². The number of benzene rings is 1. The largest absolute Gasteiger partial charge is 0.493 e. The van der Waals surface area contributed by atoms with E-state index in [0.29, 0.717) is 29.0 Å². The predicted molar refractivity (Wildman–Crippen MR) is 69.1 cm³/mol. The lowest BCUT2D eigenvalue weighted by molar-refractivity contribution is 0.208. The van der Waals surface area contributed by atoms with Gasteiger partial charge in [-0.2, -0.15) is 0 Å². The average molecular weight is 256 g/mol. The molecule has 0 radical (unpaired) electrons. The maximum Gasteiger partial charge on any atom is 0.179 e. The third-order valence-electron chi connectivity index (χ3n) is 3.07. The van der Waals surface area contributed by atoms with Crippen LogP contribution >= 0.6 is 11.6 Å². The quantitative estimate of drug-likeness (QED) is 0.898. The Morgan fingerprint density at radius 3 is 2.82 bits per heavy atom. The number of rotatable bonds is 4. The van der Waals surface area contributed by atoms with Gasteiger partial charge < -0.3 is 14.8 Å². The number of hydrogen-bond donors (Lipinski definition) is 1. The summed E-state index contributed by atoms with van der Waals surface area (Å²) in [7, 11) is 1.63. The summed E-state index contributed by atoms with van der Waals surface area (Å²) >= 11 is 6.11. The van der Waals surface area contributed by atoms with E-state index in [-0.39, 0.29) is 0 Å². The second-order valence-corrected chi connectivity index (χ2v) is 4.68. The molecule has 1 fully saturated rings. The summed E-state index contributed by atoms with van der Waals surface area (Å²) < 4.78 is 11.1. The summed E-state index contributed by atoms with van der Waals surface area (Å²) in [6, 6.07) is 5.55. The third kappa shape index (κ3) is 3.27. The van der Waals surface area contributed by atoms with E-state index in [2.05, 4.69) is 5.32 Å². The van der Waals surface area contributed by atoms with Gasteiger partial charge in [-0.1, -0.05) is 17.7 Å². The minimum absolute atomic E-state index is 0.609. The van der Waals surface area contributed by atoms with Crippen LogP contribution in [0.2, 0.25) is 5.02 Å². The van der Waals surface area contributed by atoms with Crippen LogP contribution in [0.3, 0.4) is 0 Å². The molecule has 0 amide bonds. The Hall–Kier alpha value is -0.930. The van der Waals surface area contributed by atoms with Gasteiger partial charge in [0.05, 0.1) is 18.7 Å². The van der Waals surface area contributed by atoms with Crippen molar-refractivity contribution in [2.45, 2.75) is 12.8 Å². The molecule has 0 spiro atoms. The topological polar surface area (TPSA) is 30.5 Å². The highest BCUT2D eigenvalue weighted by molar-refractivity contribution is 6.32. The maximum atomic E-state index is 6.11. The molecule has 0 aromatic heterocycles. The standard InChI is InChI=1S/C13H18ClNO2/c1-16-12-4-2-3-11(14)13(12)17-9-10-5-7-15-8-6-10/h2-4,10,15H,5-9H2,1H3. The van der Waals surface area contributed by atoms with Gasteiger partial charge >= 0.3 is 0 Å². The first-order chi connectivity index (χ1) is 8.31. The van der Waals surface area contributed by atoms with Gasteiger partial charge in [0.1, 0.15) is 0 Å². The molecular formula is C13H18ClNO2. The molecular weight excluding hydrogens is 238 g/mol. The van der Waals surface area contributed by atoms with Crippen LogP contribution in [-0.2, 0) is 0 Å². The van der Waals surface area contributed by atoms with Crippen LogP contribution in [0.15, 0.2) is 18.2 Å². The van der Waals surface area contributed by atoms with Crippen molar-refractivity contribution in [1.82, 2.24) is 5.32 Å². The van der Waals surface area contributed by atoms with E-state index in [4.69, 9.17) is 21.1 Å². The van der Waals surface area contributed by atoms with Crippen LogP contribution in [0.25, 0.3) is 0 Å². The fraction of sp³-hybridized carbons (Fsp3) is 0.538. The molecule has 0 unspecified atom stereocenters. The van der Waals surface area contributed by atoms with Gasteiger partial charge in [0, 0.05) is 0 Å². The number of methoxy groups -OCH3 is 1. The third-order valence-corrected chi connectivity index (χ3v) is 3.37. The first-order valence-corrected chi connectivity index (χ1v) is 6.35. The van der Waals surface area contributed by atoms with Crippen molar-refractivity contribution in [3.8, 4) is 11.5 Å². The molecule has 2 rings (SSSR count). The van der Waals surface area contributed by atoms with Crippen LogP contribution in [0.4, 0.5) is 0 Å². The highest BCUT2D eigenvalue weighted by Crippen LogP contribution is 2.35. The summed E-state index contributed by atoms with van der Waals surface area (Å²) in [4.78, 5) is 0. The Balaban J connectivity index is 1.97. The van der Waals surface area contributed by atoms with E-state index in [1.165, 1.54) is 0 Å². The molecule has 1 N–H and O–H groups in total. The summed E-state index contributed by atoms with van der Waals surface area (Å²) in [6.45, 7) is 2.86. The zero-order chi connectivity index (χ0) is 12.1. The minimum atomic E-state index is 0.609. The number of ether oxygens (including phenoxy) is 2. The Bertz CT molecular complexity index is 364. The molecule has 1 heterocycles. The van der Waals surface area contributed by atoms with Crippen LogP contribution in [0, 0.1) is 5.92 Å². The van der Waals surface area contributed by atoms with Crippen LogP contribution in [-0.4, -0.2) is 26.8 Å². The van der Waals surface area contributed by atoms with Crippen molar-refractivity contribution in [3.63, 3.8) is 0 Å². The van der Waals surface area contributed by atoms with Crippen molar-refractivity contribution in [1.29, 1.82) is 0 Å². The molecule has 1 aliphatic rings. The van der Waals surface area contributed by atoms with Gasteiger partial charge in [-0.05, 0) is 44.0 Å². The van der Waals surface area contributed by atoms with Gasteiger partial charge in [0.2, 0.25) is 0 Å². The van der Waals surface area contributed by atoms with Crippen LogP contribution in [0.5, 0.6) is 11.5 Å². The van der Waals surface area contributed by atoms with Crippen molar-refractivity contribution in [2.75, 3.05) is 26.8 Å². The first-order valence-electron chi connectivity index (χ1n) is 5.97. The van der Waals surface area contributed by atoms with Gasteiger partial charge in [0.15, 0.2) is 11.5 Å². The zero-order valence-corrected chi connectivity index (χ0v) is 10.8. The normalized spacial score (nSPS) is 16.8. The smallest absolute Gasteiger partial charge is 0.179 e. The summed E-state index contributed by atoms with van der Waals surface area (Å²) in [6.07, 6.45) is 2.32. The fourth-order valence-electron chi connectivity index (χ4n) is 2.04. The minimum Gasteiger partial charge on any atom is -0.493 e. The highest BCUT2D eigenvalue weighted by Gasteiger charge is 2.16. The Morgan fingerprint density at radius 1 is 1.35 bits per heavy atom. The van der Waals surface area contributed by atoms with Gasteiger partial charge in [-0.25, -0.2) is 0 Å². The molecule has 0 bridgehead atoms. The van der Waals surface area contributed by atoms with Crippen LogP contribution < -0.4 is 14.8 Å². The van der Waals surface area contributed by atoms with E-state index in [0.717, 1.165) is 25.9 Å². The van der Waals surface area contributed by atoms with E-state index in [9.17, 15) is 0 Å². The first kappa shape index (κ1) is 12.5. The van der Waals surface area contributed by atoms with E-state index in [1.54, 1.807) is 7.11 Å². The lowest BCUT2D eigenvalue weighted by atomic mass is 9.99. The predicted octanol–water partition coefficient (Wildman–Crippen LogP) is 2.73. The fourth-order valence-corrected chi connectivity index (χ4v) is 2.26. The Labute approximate surface area is 107 Å². The van der Waals surface area contributed by atoms with Crippen LogP contribution in [0.1, 0.15) is 12.8 Å². The molecule has 3 nitrogen and oxygen atoms in total. The van der Waals surface area contributed by atoms with Gasteiger partial charge in [0.25, 0.3) is 0 Å². The molecule has 0 saturated carbocycles. The summed E-state index contributed by atoms with van der Waals surface area (Å²) in [5.74, 6) is 1.97. The molecule has 17 heavy (non-hydrogen) atoms. The van der Waals surface area contributed by atoms with Gasteiger partial charge in [-0.3, -0.25) is 0 Å². The van der Waals surface area contributed by atoms with Crippen molar-refractivity contribution >= 4 is 11.6 Å². The molecule has 94 valence electrons. The average Bonchev–Trinajstić information content (AvgIpc) is 2.38. The van der Waals surface area contributed by atoms with Crippen molar-refractivity contribution in [3.05, 3.63) is 23.2 Å². The summed E-state index contributed by atoms with van der Waals surface area (Å²) in [5, 5.41) is 3.95. The number of piperidine rings is 1. The van der Waals surface area contributed by atoms with Crippen molar-refractivity contribution < 1.29 is 9.47 Å². The SMILES string of the molecule is COc1cccc(Cl)c1OCC1CCNCC1. The monoisotopic (exact) mass is 255 g/mol. The molecule has 1 aromatic carbocycles. The van der Waals surface area contributed by atoms with E-state index in [1.807, 2.05) is 18.2 Å². The second-order valence-electron chi connectivity index (χ2n) is 4.28. The summed E-state index contributed by atoms with van der Waals surface area (Å²) in [5.41, 5.74) is 0. The zero-order valence-electron chi connectivity index (χ0n) is 10.0. The van der Waals surface area contributed by atoms with Crippen molar-refractivity contribution in [2.24, 2.45) is 5.92 Å². The lowest BCUT2D eigenvalue weighted by Crippen LogP contribution is -2.30. The maximum absolute atomic E-state index is 6.11. The molecule has 0 aliphatic carbocycles. The number of halogens is 1. The van der Waals surface area contributed by atoms with E-state index < -0.39 is 0 Å². The highest BCUT2D eigenvalue weighted by atomic mass is 35.5. The molecule has 1 aliphatic heterocycles. The number of para-hydroxylation sites is 1. The second kappa shape index (κ2) is 6.12. The van der Waals surface area contributed by atoms with E-state index >= 15 is 0 Å². The molecule has 4 heteroatoms. The molecule has 1 aromatic rings. The number of nitrogens with one attached hydrogen (secondary N) is 1. The molecule has 0 atom stereocenters. The molecule has 1 saturated heterocycles. The lowest BCUT2D eigenvalue weighted by Gasteiger charge is -2.23. The Kier molecular flexibility index (Phi) is 4.51. The number of hydrogen-bond acceptors (Lipinski definition) is 3.